The first-order valence-corrected chi connectivity index (χ1v) is 4.78. The summed E-state index contributed by atoms with van der Waals surface area (Å²) in [6.45, 7) is 5.68. The Morgan fingerprint density at radius 2 is 2.19 bits per heavy atom. The largest absolute Gasteiger partial charge is 0.494 e. The molecule has 0 radical (unpaired) electrons. The van der Waals surface area contributed by atoms with E-state index in [0.29, 0.717) is 6.42 Å². The van der Waals surface area contributed by atoms with Crippen LogP contribution in [0.4, 0.5) is 4.39 Å². The fourth-order valence-electron chi connectivity index (χ4n) is 1.41. The molecule has 0 saturated heterocycles. The van der Waals surface area contributed by atoms with Crippen molar-refractivity contribution in [2.75, 3.05) is 7.11 Å². The van der Waals surface area contributed by atoms with Gasteiger partial charge in [0.25, 0.3) is 0 Å². The molecule has 0 spiro atoms. The molecule has 90 valence electrons. The van der Waals surface area contributed by atoms with E-state index in [2.05, 4.69) is 6.58 Å². The van der Waals surface area contributed by atoms with Gasteiger partial charge in [-0.05, 0) is 31.0 Å². The van der Waals surface area contributed by atoms with Crippen molar-refractivity contribution < 1.29 is 9.13 Å². The van der Waals surface area contributed by atoms with Crippen molar-refractivity contribution in [3.8, 4) is 5.75 Å². The van der Waals surface area contributed by atoms with Crippen LogP contribution in [0.3, 0.4) is 0 Å². The van der Waals surface area contributed by atoms with Gasteiger partial charge in [-0.25, -0.2) is 4.39 Å². The highest BCUT2D eigenvalue weighted by molar-refractivity contribution is 5.85. The fourth-order valence-corrected chi connectivity index (χ4v) is 1.41. The molecule has 4 heteroatoms. The van der Waals surface area contributed by atoms with Crippen LogP contribution in [0.25, 0.3) is 0 Å². The zero-order valence-electron chi connectivity index (χ0n) is 9.50. The van der Waals surface area contributed by atoms with Crippen LogP contribution >= 0.6 is 12.4 Å². The first-order chi connectivity index (χ1) is 7.04. The van der Waals surface area contributed by atoms with E-state index in [0.717, 1.165) is 11.1 Å². The number of nitrogens with two attached hydrogens (primary N) is 1. The van der Waals surface area contributed by atoms with Crippen LogP contribution in [0.15, 0.2) is 30.4 Å². The summed E-state index contributed by atoms with van der Waals surface area (Å²) in [7, 11) is 1.44. The van der Waals surface area contributed by atoms with Crippen molar-refractivity contribution in [2.24, 2.45) is 5.73 Å². The molecule has 1 aromatic rings. The molecule has 0 bridgehead atoms. The van der Waals surface area contributed by atoms with Gasteiger partial charge < -0.3 is 10.5 Å². The van der Waals surface area contributed by atoms with E-state index < -0.39 is 0 Å². The maximum Gasteiger partial charge on any atom is 0.165 e. The van der Waals surface area contributed by atoms with Crippen LogP contribution in [0, 0.1) is 5.82 Å². The molecule has 1 rings (SSSR count). The molecular formula is C12H17ClFNO. The average Bonchev–Trinajstić information content (AvgIpc) is 2.16. The third-order valence-corrected chi connectivity index (χ3v) is 2.17. The summed E-state index contributed by atoms with van der Waals surface area (Å²) < 4.78 is 18.2. The lowest BCUT2D eigenvalue weighted by atomic mass is 10.0. The van der Waals surface area contributed by atoms with E-state index in [4.69, 9.17) is 10.5 Å². The predicted molar refractivity (Wildman–Crippen MR) is 66.6 cm³/mol. The van der Waals surface area contributed by atoms with Gasteiger partial charge in [0.2, 0.25) is 0 Å². The highest BCUT2D eigenvalue weighted by atomic mass is 35.5. The van der Waals surface area contributed by atoms with Crippen molar-refractivity contribution in [3.05, 3.63) is 41.7 Å². The van der Waals surface area contributed by atoms with Crippen molar-refractivity contribution in [3.63, 3.8) is 0 Å². The molecule has 0 aliphatic rings. The third kappa shape index (κ3) is 3.83. The van der Waals surface area contributed by atoms with Gasteiger partial charge in [0.05, 0.1) is 7.11 Å². The Morgan fingerprint density at radius 1 is 1.56 bits per heavy atom. The highest BCUT2D eigenvalue weighted by Gasteiger charge is 2.09. The van der Waals surface area contributed by atoms with Crippen molar-refractivity contribution in [2.45, 2.75) is 19.4 Å². The average molecular weight is 246 g/mol. The van der Waals surface area contributed by atoms with Gasteiger partial charge in [-0.15, -0.1) is 19.0 Å². The van der Waals surface area contributed by atoms with Crippen LogP contribution < -0.4 is 10.5 Å². The summed E-state index contributed by atoms with van der Waals surface area (Å²) in [4.78, 5) is 0. The summed E-state index contributed by atoms with van der Waals surface area (Å²) in [6, 6.07) is 4.56. The molecule has 0 aliphatic carbocycles. The third-order valence-electron chi connectivity index (χ3n) is 2.17. The quantitative estimate of drug-likeness (QED) is 0.827. The lowest BCUT2D eigenvalue weighted by molar-refractivity contribution is 0.386. The van der Waals surface area contributed by atoms with E-state index in [1.165, 1.54) is 13.2 Å². The number of ether oxygens (including phenoxy) is 1. The van der Waals surface area contributed by atoms with E-state index in [1.807, 2.05) is 6.92 Å². The van der Waals surface area contributed by atoms with Gasteiger partial charge >= 0.3 is 0 Å². The maximum absolute atomic E-state index is 13.3. The molecule has 0 heterocycles. The predicted octanol–water partition coefficient (Wildman–Crippen LogP) is 3.22. The Bertz CT molecular complexity index is 368. The van der Waals surface area contributed by atoms with Crippen molar-refractivity contribution in [1.29, 1.82) is 0 Å². The van der Waals surface area contributed by atoms with E-state index in [-0.39, 0.29) is 30.0 Å². The molecule has 0 aliphatic heterocycles. The maximum atomic E-state index is 13.3. The fraction of sp³-hybridized carbons (Fsp3) is 0.333. The Hall–Kier alpha value is -1.06. The van der Waals surface area contributed by atoms with Crippen LogP contribution in [0.1, 0.15) is 24.9 Å². The van der Waals surface area contributed by atoms with Crippen LogP contribution in [-0.2, 0) is 0 Å². The SMILES string of the molecule is C=C(C)C[C@H](N)c1ccc(OC)c(F)c1.Cl. The molecule has 0 amide bonds. The molecule has 0 saturated carbocycles. The minimum Gasteiger partial charge on any atom is -0.494 e. The van der Waals surface area contributed by atoms with Gasteiger partial charge in [-0.2, -0.15) is 0 Å². The molecule has 2 N–H and O–H groups in total. The smallest absolute Gasteiger partial charge is 0.165 e. The first kappa shape index (κ1) is 14.9. The molecule has 1 aromatic carbocycles. The summed E-state index contributed by atoms with van der Waals surface area (Å²) in [5, 5.41) is 0. The Morgan fingerprint density at radius 3 is 2.62 bits per heavy atom. The van der Waals surface area contributed by atoms with Gasteiger partial charge in [-0.3, -0.25) is 0 Å². The van der Waals surface area contributed by atoms with Crippen LogP contribution in [0.2, 0.25) is 0 Å². The Kier molecular flexibility index (Phi) is 6.08. The second-order valence-electron chi connectivity index (χ2n) is 3.66. The number of benzene rings is 1. The van der Waals surface area contributed by atoms with E-state index in [1.54, 1.807) is 12.1 Å². The lowest BCUT2D eigenvalue weighted by Crippen LogP contribution is -2.10. The molecule has 1 atom stereocenters. The molecule has 16 heavy (non-hydrogen) atoms. The van der Waals surface area contributed by atoms with Crippen LogP contribution in [-0.4, -0.2) is 7.11 Å². The minimum atomic E-state index is -0.382. The second-order valence-corrected chi connectivity index (χ2v) is 3.66. The first-order valence-electron chi connectivity index (χ1n) is 4.78. The monoisotopic (exact) mass is 245 g/mol. The number of methoxy groups -OCH3 is 1. The van der Waals surface area contributed by atoms with Gasteiger partial charge in [0.15, 0.2) is 11.6 Å². The van der Waals surface area contributed by atoms with Crippen molar-refractivity contribution >= 4 is 12.4 Å². The number of hydrogen-bond acceptors (Lipinski definition) is 2. The molecule has 0 fully saturated rings. The zero-order valence-corrected chi connectivity index (χ0v) is 10.3. The van der Waals surface area contributed by atoms with Crippen LogP contribution in [0.5, 0.6) is 5.75 Å². The number of halogens is 2. The second kappa shape index (κ2) is 6.51. The molecular weight excluding hydrogens is 229 g/mol. The van der Waals surface area contributed by atoms with Crippen molar-refractivity contribution in [1.82, 2.24) is 0 Å². The summed E-state index contributed by atoms with van der Waals surface area (Å²) in [5.41, 5.74) is 7.63. The Labute approximate surface area is 102 Å². The standard InChI is InChI=1S/C12H16FNO.ClH/c1-8(2)6-11(14)9-4-5-12(15-3)10(13)7-9;/h4-5,7,11H,1,6,14H2,2-3H3;1H/t11-;/m0./s1. The molecule has 2 nitrogen and oxygen atoms in total. The van der Waals surface area contributed by atoms with Gasteiger partial charge in [-0.1, -0.05) is 11.6 Å². The topological polar surface area (TPSA) is 35.2 Å². The molecule has 0 aromatic heterocycles. The number of rotatable bonds is 4. The zero-order chi connectivity index (χ0) is 11.4. The lowest BCUT2D eigenvalue weighted by Gasteiger charge is -2.12. The summed E-state index contributed by atoms with van der Waals surface area (Å²) in [5.74, 6) is -0.145. The molecule has 0 unspecified atom stereocenters. The highest BCUT2D eigenvalue weighted by Crippen LogP contribution is 2.23. The normalized spacial score (nSPS) is 11.5. The van der Waals surface area contributed by atoms with Gasteiger partial charge in [0, 0.05) is 6.04 Å². The Balaban J connectivity index is 0.00000225. The van der Waals surface area contributed by atoms with E-state index in [9.17, 15) is 4.39 Å². The summed E-state index contributed by atoms with van der Waals surface area (Å²) in [6.07, 6.45) is 0.659. The summed E-state index contributed by atoms with van der Waals surface area (Å²) >= 11 is 0. The van der Waals surface area contributed by atoms with Gasteiger partial charge in [0.1, 0.15) is 0 Å². The van der Waals surface area contributed by atoms with E-state index >= 15 is 0 Å². The number of hydrogen-bond donors (Lipinski definition) is 1. The minimum absolute atomic E-state index is 0.